The first-order valence-electron chi connectivity index (χ1n) is 15.5. The normalized spacial score (nSPS) is 28.3. The summed E-state index contributed by atoms with van der Waals surface area (Å²) in [5.74, 6) is -1.88. The molecule has 2 amide bonds. The maximum atomic E-state index is 15.0. The molecule has 0 aliphatic carbocycles. The second-order valence-electron chi connectivity index (χ2n) is 12.6. The van der Waals surface area contributed by atoms with Crippen LogP contribution < -0.4 is 4.90 Å². The fourth-order valence-electron chi connectivity index (χ4n) is 7.66. The number of thioether (sulfide) groups is 1. The molecule has 8 heteroatoms. The number of anilines is 1. The smallest absolute Gasteiger partial charge is 0.310 e. The third-order valence-corrected chi connectivity index (χ3v) is 11.5. The Kier molecular flexibility index (Phi) is 9.37. The van der Waals surface area contributed by atoms with E-state index in [4.69, 9.17) is 4.74 Å². The van der Waals surface area contributed by atoms with Crippen LogP contribution in [-0.4, -0.2) is 69.6 Å². The lowest BCUT2D eigenvalue weighted by Gasteiger charge is -2.42. The topological polar surface area (TPSA) is 87.2 Å². The first-order chi connectivity index (χ1) is 20.7. The zero-order valence-corrected chi connectivity index (χ0v) is 26.3. The van der Waals surface area contributed by atoms with E-state index in [9.17, 15) is 19.5 Å². The summed E-state index contributed by atoms with van der Waals surface area (Å²) < 4.78 is 4.92. The van der Waals surface area contributed by atoms with Crippen molar-refractivity contribution in [2.45, 2.75) is 68.5 Å². The number of aliphatic hydroxyl groups is 1. The minimum atomic E-state index is -0.837. The highest BCUT2D eigenvalue weighted by molar-refractivity contribution is 8.02. The summed E-state index contributed by atoms with van der Waals surface area (Å²) in [4.78, 5) is 46.5. The molecule has 3 saturated heterocycles. The summed E-state index contributed by atoms with van der Waals surface area (Å²) in [6.07, 6.45) is 6.19. The highest BCUT2D eigenvalue weighted by Gasteiger charge is 2.77. The number of hydrogen-bond acceptors (Lipinski definition) is 6. The zero-order chi connectivity index (χ0) is 30.9. The van der Waals surface area contributed by atoms with Gasteiger partial charge in [-0.25, -0.2) is 0 Å². The van der Waals surface area contributed by atoms with Crippen molar-refractivity contribution in [3.05, 3.63) is 67.8 Å². The Morgan fingerprint density at radius 2 is 1.93 bits per heavy atom. The van der Waals surface area contributed by atoms with E-state index in [0.717, 1.165) is 29.3 Å². The summed E-state index contributed by atoms with van der Waals surface area (Å²) in [5, 5.41) is 12.6. The van der Waals surface area contributed by atoms with Gasteiger partial charge in [0.05, 0.1) is 35.8 Å². The van der Waals surface area contributed by atoms with Gasteiger partial charge in [0.1, 0.15) is 6.04 Å². The molecule has 2 aromatic carbocycles. The number of unbranched alkanes of at least 4 members (excludes halogenated alkanes) is 1. The van der Waals surface area contributed by atoms with E-state index in [1.807, 2.05) is 56.3 Å². The van der Waals surface area contributed by atoms with Crippen molar-refractivity contribution < 1.29 is 24.2 Å². The molecule has 230 valence electrons. The number of likely N-dealkylation sites (tertiary alicyclic amines) is 1. The van der Waals surface area contributed by atoms with Gasteiger partial charge in [0.15, 0.2) is 0 Å². The van der Waals surface area contributed by atoms with Gasteiger partial charge in [0, 0.05) is 17.5 Å². The fourth-order valence-corrected chi connectivity index (χ4v) is 10.1. The molecule has 3 aliphatic rings. The van der Waals surface area contributed by atoms with Crippen molar-refractivity contribution in [3.8, 4) is 0 Å². The third kappa shape index (κ3) is 5.42. The summed E-state index contributed by atoms with van der Waals surface area (Å²) in [6.45, 7) is 14.2. The molecule has 3 heterocycles. The molecule has 7 atom stereocenters. The Morgan fingerprint density at radius 3 is 2.60 bits per heavy atom. The van der Waals surface area contributed by atoms with Crippen LogP contribution in [0.25, 0.3) is 10.8 Å². The van der Waals surface area contributed by atoms with Crippen LogP contribution in [0.3, 0.4) is 0 Å². The fraction of sp³-hybridized carbons (Fsp3) is 0.514. The van der Waals surface area contributed by atoms with Gasteiger partial charge in [-0.05, 0) is 60.4 Å². The highest BCUT2D eigenvalue weighted by Crippen LogP contribution is 2.69. The molecule has 1 N–H and O–H groups in total. The number of esters is 1. The predicted octanol–water partition coefficient (Wildman–Crippen LogP) is 5.61. The minimum absolute atomic E-state index is 0.0146. The first-order valence-corrected chi connectivity index (χ1v) is 16.4. The molecule has 0 radical (unpaired) electrons. The van der Waals surface area contributed by atoms with Gasteiger partial charge in [0.25, 0.3) is 5.91 Å². The molecular weight excluding hydrogens is 560 g/mol. The minimum Gasteiger partial charge on any atom is -0.465 e. The summed E-state index contributed by atoms with van der Waals surface area (Å²) in [6, 6.07) is 12.5. The predicted molar refractivity (Wildman–Crippen MR) is 173 cm³/mol. The van der Waals surface area contributed by atoms with Crippen molar-refractivity contribution >= 4 is 46.0 Å². The van der Waals surface area contributed by atoms with Gasteiger partial charge < -0.3 is 19.6 Å². The molecule has 3 unspecified atom stereocenters. The summed E-state index contributed by atoms with van der Waals surface area (Å²) >= 11 is 1.63. The Morgan fingerprint density at radius 1 is 1.19 bits per heavy atom. The number of nitrogens with zero attached hydrogens (tertiary/aromatic N) is 2. The van der Waals surface area contributed by atoms with Gasteiger partial charge >= 0.3 is 5.97 Å². The lowest BCUT2D eigenvalue weighted by atomic mass is 9.66. The van der Waals surface area contributed by atoms with E-state index in [0.29, 0.717) is 12.8 Å². The van der Waals surface area contributed by atoms with Gasteiger partial charge in [-0.15, -0.1) is 24.9 Å². The van der Waals surface area contributed by atoms with Gasteiger partial charge in [0.2, 0.25) is 5.91 Å². The summed E-state index contributed by atoms with van der Waals surface area (Å²) in [5.41, 5.74) is 0.726. The number of benzene rings is 2. The standard InChI is InChI=1S/C35H44N2O5S/c1-6-8-11-17-42-34(41)29-28-19-23(5)35(43-28)30(29)32(39)37(27(21-38)18-22(3)4)31(35)33(40)36(16-7-2)26-15-14-24-12-9-10-13-25(24)20-26/h6-7,9-10,12-15,20,22-23,27-31,38H,1-2,8,11,16-19,21H2,3-5H3/t23?,27-,28+,29-,30+,31?,35?/m1/s1. The van der Waals surface area contributed by atoms with Crippen LogP contribution in [0, 0.1) is 23.7 Å². The van der Waals surface area contributed by atoms with Crippen LogP contribution in [0.1, 0.15) is 46.5 Å². The van der Waals surface area contributed by atoms with Crippen LogP contribution in [0.4, 0.5) is 5.69 Å². The van der Waals surface area contributed by atoms with Crippen LogP contribution in [-0.2, 0) is 19.1 Å². The maximum absolute atomic E-state index is 15.0. The molecule has 43 heavy (non-hydrogen) atoms. The van der Waals surface area contributed by atoms with Crippen LogP contribution in [0.2, 0.25) is 0 Å². The number of allylic oxidation sites excluding steroid dienone is 1. The SMILES string of the molecule is C=CCCCOC(=O)[C@@H]1[C@@H]2CC(C)C3(S2)C(C(=O)N(CC=C)c2ccc4ccccc4c2)N([C@@H](CO)CC(C)C)C(=O)[C@H]13. The number of aliphatic hydroxyl groups excluding tert-OH is 1. The van der Waals surface area contributed by atoms with Crippen molar-refractivity contribution in [1.82, 2.24) is 4.90 Å². The molecular formula is C35H44N2O5S. The average Bonchev–Trinajstić information content (AvgIpc) is 3.59. The maximum Gasteiger partial charge on any atom is 0.310 e. The Labute approximate surface area is 259 Å². The van der Waals surface area contributed by atoms with Crippen molar-refractivity contribution in [3.63, 3.8) is 0 Å². The molecule has 2 bridgehead atoms. The van der Waals surface area contributed by atoms with Crippen LogP contribution in [0.5, 0.6) is 0 Å². The Bertz CT molecular complexity index is 1390. The molecule has 0 aromatic heterocycles. The van der Waals surface area contributed by atoms with Crippen molar-refractivity contribution in [2.24, 2.45) is 23.7 Å². The molecule has 2 aromatic rings. The van der Waals surface area contributed by atoms with Gasteiger partial charge in [-0.2, -0.15) is 0 Å². The van der Waals surface area contributed by atoms with E-state index >= 15 is 0 Å². The molecule has 3 fully saturated rings. The lowest BCUT2D eigenvalue weighted by molar-refractivity contribution is -0.155. The van der Waals surface area contributed by atoms with E-state index in [-0.39, 0.29) is 54.6 Å². The van der Waals surface area contributed by atoms with Crippen LogP contribution in [0.15, 0.2) is 67.8 Å². The number of fused-ring (bicyclic) bond motifs is 2. The molecule has 5 rings (SSSR count). The largest absolute Gasteiger partial charge is 0.465 e. The Balaban J connectivity index is 1.59. The first kappa shape index (κ1) is 31.3. The average molecular weight is 605 g/mol. The van der Waals surface area contributed by atoms with Gasteiger partial charge in [-0.1, -0.05) is 63.3 Å². The summed E-state index contributed by atoms with van der Waals surface area (Å²) in [7, 11) is 0. The number of hydrogen-bond donors (Lipinski definition) is 1. The van der Waals surface area contributed by atoms with E-state index < -0.39 is 28.7 Å². The van der Waals surface area contributed by atoms with E-state index in [2.05, 4.69) is 20.1 Å². The van der Waals surface area contributed by atoms with Crippen molar-refractivity contribution in [2.75, 3.05) is 24.7 Å². The van der Waals surface area contributed by atoms with E-state index in [1.165, 1.54) is 0 Å². The molecule has 0 saturated carbocycles. The third-order valence-electron chi connectivity index (χ3n) is 9.46. The zero-order valence-electron chi connectivity index (χ0n) is 25.5. The van der Waals surface area contributed by atoms with Crippen molar-refractivity contribution in [1.29, 1.82) is 0 Å². The number of amides is 2. The number of ether oxygens (including phenoxy) is 1. The monoisotopic (exact) mass is 604 g/mol. The highest BCUT2D eigenvalue weighted by atomic mass is 32.2. The number of carbonyl (C=O) groups excluding carboxylic acids is 3. The molecule has 7 nitrogen and oxygen atoms in total. The second kappa shape index (κ2) is 12.9. The number of carbonyl (C=O) groups is 3. The van der Waals surface area contributed by atoms with E-state index in [1.54, 1.807) is 33.7 Å². The van der Waals surface area contributed by atoms with Crippen LogP contribution >= 0.6 is 11.8 Å². The molecule has 3 aliphatic heterocycles. The number of rotatable bonds is 13. The Hall–Kier alpha value is -3.10. The lowest BCUT2D eigenvalue weighted by Crippen LogP contribution is -2.59. The molecule has 1 spiro atoms. The second-order valence-corrected chi connectivity index (χ2v) is 14.2. The quantitative estimate of drug-likeness (QED) is 0.182. The van der Waals surface area contributed by atoms with Gasteiger partial charge in [-0.3, -0.25) is 14.4 Å².